The number of primary amides is 1. The smallest absolute Gasteiger partial charge is 0.322 e. The Hall–Kier alpha value is -3.89. The van der Waals surface area contributed by atoms with Crippen LogP contribution in [0.25, 0.3) is 0 Å². The van der Waals surface area contributed by atoms with E-state index in [-0.39, 0.29) is 23.6 Å². The lowest BCUT2D eigenvalue weighted by atomic mass is 9.98. The van der Waals surface area contributed by atoms with Gasteiger partial charge in [0.05, 0.1) is 17.8 Å². The number of imide groups is 1. The number of rotatable bonds is 5. The number of nitrogens with two attached hydrogens (primary N) is 1. The lowest BCUT2D eigenvalue weighted by molar-refractivity contribution is -0.124. The molecule has 140 valence electrons. The number of urea groups is 2. The van der Waals surface area contributed by atoms with E-state index in [4.69, 9.17) is 5.73 Å². The number of carbonyl (C=O) groups is 4. The molecule has 1 aliphatic rings. The van der Waals surface area contributed by atoms with E-state index in [1.54, 1.807) is 29.9 Å². The number of amides is 6. The van der Waals surface area contributed by atoms with Gasteiger partial charge in [0.2, 0.25) is 0 Å². The summed E-state index contributed by atoms with van der Waals surface area (Å²) in [4.78, 5) is 52.0. The maximum Gasteiger partial charge on any atom is 0.322 e. The van der Waals surface area contributed by atoms with Crippen LogP contribution in [0.4, 0.5) is 15.3 Å². The van der Waals surface area contributed by atoms with Crippen LogP contribution in [0.5, 0.6) is 0 Å². The van der Waals surface area contributed by atoms with E-state index in [2.05, 4.69) is 26.3 Å². The zero-order valence-electron chi connectivity index (χ0n) is 14.3. The summed E-state index contributed by atoms with van der Waals surface area (Å²) in [7, 11) is 1.66. The van der Waals surface area contributed by atoms with Gasteiger partial charge in [-0.2, -0.15) is 0 Å². The van der Waals surface area contributed by atoms with Gasteiger partial charge in [0.15, 0.2) is 5.54 Å². The summed E-state index contributed by atoms with van der Waals surface area (Å²) in [6.07, 6.45) is 3.09. The monoisotopic (exact) mass is 371 g/mol. The first kappa shape index (κ1) is 17.9. The molecule has 2 aromatic rings. The number of carbonyl (C=O) groups excluding carboxylic acids is 4. The molecule has 6 amide bonds. The van der Waals surface area contributed by atoms with Crippen molar-refractivity contribution in [2.24, 2.45) is 12.8 Å². The van der Waals surface area contributed by atoms with Crippen LogP contribution in [0.15, 0.2) is 36.7 Å². The van der Waals surface area contributed by atoms with Gasteiger partial charge in [-0.3, -0.25) is 14.9 Å². The normalized spacial score (nSPS) is 18.6. The molecule has 0 aliphatic carbocycles. The Bertz CT molecular complexity index is 938. The predicted molar refractivity (Wildman–Crippen MR) is 93.5 cm³/mol. The number of nitrogens with one attached hydrogen (secondary N) is 4. The molecule has 1 aromatic carbocycles. The Labute approximate surface area is 153 Å². The molecule has 0 bridgehead atoms. The van der Waals surface area contributed by atoms with Crippen LogP contribution in [-0.4, -0.2) is 40.0 Å². The number of hydrogen-bond donors (Lipinski definition) is 5. The lowest BCUT2D eigenvalue weighted by Gasteiger charge is -2.25. The summed E-state index contributed by atoms with van der Waals surface area (Å²) in [5, 5.41) is 9.64. The molecular formula is C16H17N7O4. The van der Waals surface area contributed by atoms with Crippen molar-refractivity contribution < 1.29 is 19.2 Å². The third kappa shape index (κ3) is 3.29. The first-order valence-corrected chi connectivity index (χ1v) is 7.88. The van der Waals surface area contributed by atoms with E-state index < -0.39 is 29.4 Å². The topological polar surface area (TPSA) is 160 Å². The third-order valence-electron chi connectivity index (χ3n) is 4.09. The Morgan fingerprint density at radius 1 is 1.30 bits per heavy atom. The number of aromatic nitrogens is 2. The minimum atomic E-state index is -1.56. The second-order valence-electron chi connectivity index (χ2n) is 5.89. The zero-order chi connectivity index (χ0) is 19.6. The average molecular weight is 371 g/mol. The van der Waals surface area contributed by atoms with Crippen molar-refractivity contribution in [3.05, 3.63) is 48.0 Å². The number of anilines is 1. The first-order valence-electron chi connectivity index (χ1n) is 7.88. The Morgan fingerprint density at radius 3 is 2.63 bits per heavy atom. The fourth-order valence-electron chi connectivity index (χ4n) is 2.86. The SMILES string of the molecule is Cn1ccnc1C1(CNC(=O)c2ccccc2NC(N)=O)NC(=O)NC1=O. The van der Waals surface area contributed by atoms with E-state index >= 15 is 0 Å². The Morgan fingerprint density at radius 2 is 2.04 bits per heavy atom. The molecule has 1 aromatic heterocycles. The highest BCUT2D eigenvalue weighted by Crippen LogP contribution is 2.23. The number of aryl methyl sites for hydroxylation is 1. The molecule has 1 atom stereocenters. The van der Waals surface area contributed by atoms with Crippen molar-refractivity contribution in [2.75, 3.05) is 11.9 Å². The summed E-state index contributed by atoms with van der Waals surface area (Å²) in [6, 6.07) is 4.73. The molecule has 3 rings (SSSR count). The van der Waals surface area contributed by atoms with Crippen molar-refractivity contribution in [3.8, 4) is 0 Å². The third-order valence-corrected chi connectivity index (χ3v) is 4.09. The van der Waals surface area contributed by atoms with Crippen molar-refractivity contribution >= 4 is 29.6 Å². The highest BCUT2D eigenvalue weighted by atomic mass is 16.2. The van der Waals surface area contributed by atoms with Crippen LogP contribution >= 0.6 is 0 Å². The summed E-state index contributed by atoms with van der Waals surface area (Å²) in [5.41, 5.74) is 3.92. The van der Waals surface area contributed by atoms with E-state index in [1.165, 1.54) is 18.3 Å². The van der Waals surface area contributed by atoms with E-state index in [0.29, 0.717) is 0 Å². The Kier molecular flexibility index (Phi) is 4.50. The molecule has 0 radical (unpaired) electrons. The fourth-order valence-corrected chi connectivity index (χ4v) is 2.86. The molecular weight excluding hydrogens is 354 g/mol. The molecule has 1 saturated heterocycles. The van der Waals surface area contributed by atoms with Crippen LogP contribution < -0.4 is 27.0 Å². The second-order valence-corrected chi connectivity index (χ2v) is 5.89. The number of para-hydroxylation sites is 1. The maximum absolute atomic E-state index is 12.6. The van der Waals surface area contributed by atoms with E-state index in [0.717, 1.165) is 0 Å². The lowest BCUT2D eigenvalue weighted by Crippen LogP contribution is -2.54. The van der Waals surface area contributed by atoms with Crippen LogP contribution in [0, 0.1) is 0 Å². The van der Waals surface area contributed by atoms with Gasteiger partial charge in [-0.1, -0.05) is 12.1 Å². The van der Waals surface area contributed by atoms with Gasteiger partial charge >= 0.3 is 12.1 Å². The van der Waals surface area contributed by atoms with Gasteiger partial charge in [0.1, 0.15) is 5.82 Å². The number of hydrogen-bond acceptors (Lipinski definition) is 5. The maximum atomic E-state index is 12.6. The van der Waals surface area contributed by atoms with Crippen LogP contribution in [0.2, 0.25) is 0 Å². The minimum absolute atomic E-state index is 0.149. The molecule has 27 heavy (non-hydrogen) atoms. The summed E-state index contributed by atoms with van der Waals surface area (Å²) in [5.74, 6) is -0.942. The van der Waals surface area contributed by atoms with Crippen LogP contribution in [-0.2, 0) is 17.4 Å². The Balaban J connectivity index is 1.87. The minimum Gasteiger partial charge on any atom is -0.351 e. The summed E-state index contributed by atoms with van der Waals surface area (Å²) < 4.78 is 1.57. The van der Waals surface area contributed by atoms with E-state index in [1.807, 2.05) is 0 Å². The van der Waals surface area contributed by atoms with Gasteiger partial charge in [0.25, 0.3) is 11.8 Å². The molecule has 11 nitrogen and oxygen atoms in total. The molecule has 2 heterocycles. The van der Waals surface area contributed by atoms with Crippen LogP contribution in [0.1, 0.15) is 16.2 Å². The molecule has 0 saturated carbocycles. The standard InChI is InChI=1S/C16H17N7O4/c1-23-7-6-18-12(23)16(13(25)21-15(27)22-16)8-19-11(24)9-4-2-3-5-10(9)20-14(17)26/h2-7H,8H2,1H3,(H,19,24)(H3,17,20,26)(H2,21,22,25,27). The molecule has 1 fully saturated rings. The van der Waals surface area contributed by atoms with Gasteiger partial charge < -0.3 is 26.3 Å². The highest BCUT2D eigenvalue weighted by Gasteiger charge is 2.50. The number of imidazole rings is 1. The second kappa shape index (κ2) is 6.78. The fraction of sp³-hybridized carbons (Fsp3) is 0.188. The van der Waals surface area contributed by atoms with Gasteiger partial charge in [-0.25, -0.2) is 14.6 Å². The van der Waals surface area contributed by atoms with E-state index in [9.17, 15) is 19.2 Å². The van der Waals surface area contributed by atoms with Gasteiger partial charge in [-0.15, -0.1) is 0 Å². The van der Waals surface area contributed by atoms with Crippen molar-refractivity contribution in [1.29, 1.82) is 0 Å². The first-order chi connectivity index (χ1) is 12.8. The molecule has 6 N–H and O–H groups in total. The zero-order valence-corrected chi connectivity index (χ0v) is 14.3. The summed E-state index contributed by atoms with van der Waals surface area (Å²) in [6.45, 7) is -0.251. The average Bonchev–Trinajstić information content (AvgIpc) is 3.16. The number of nitrogens with zero attached hydrogens (tertiary/aromatic N) is 2. The van der Waals surface area contributed by atoms with Gasteiger partial charge in [0, 0.05) is 19.4 Å². The molecule has 0 spiro atoms. The summed E-state index contributed by atoms with van der Waals surface area (Å²) >= 11 is 0. The molecule has 11 heteroatoms. The van der Waals surface area contributed by atoms with Crippen LogP contribution in [0.3, 0.4) is 0 Å². The van der Waals surface area contributed by atoms with Crippen molar-refractivity contribution in [1.82, 2.24) is 25.5 Å². The highest BCUT2D eigenvalue weighted by molar-refractivity contribution is 6.08. The largest absolute Gasteiger partial charge is 0.351 e. The predicted octanol–water partition coefficient (Wildman–Crippen LogP) is -0.625. The van der Waals surface area contributed by atoms with Gasteiger partial charge in [-0.05, 0) is 12.1 Å². The number of benzene rings is 1. The van der Waals surface area contributed by atoms with Crippen molar-refractivity contribution in [2.45, 2.75) is 5.54 Å². The quantitative estimate of drug-likeness (QED) is 0.442. The molecule has 1 aliphatic heterocycles. The molecule has 1 unspecified atom stereocenters. The van der Waals surface area contributed by atoms with Crippen molar-refractivity contribution in [3.63, 3.8) is 0 Å².